The van der Waals surface area contributed by atoms with E-state index >= 15 is 0 Å². The van der Waals surface area contributed by atoms with Crippen molar-refractivity contribution in [3.63, 3.8) is 0 Å². The van der Waals surface area contributed by atoms with E-state index in [-0.39, 0.29) is 17.0 Å². The SMILES string of the molecule is C=CCn1c(SC(C)C(=O)N(C)C2CCCCC2)nnc1-c1ccccc1F. The molecule has 2 aromatic rings. The summed E-state index contributed by atoms with van der Waals surface area (Å²) in [5, 5.41) is 8.73. The lowest BCUT2D eigenvalue weighted by Gasteiger charge is -2.32. The van der Waals surface area contributed by atoms with Crippen LogP contribution in [0.4, 0.5) is 4.39 Å². The summed E-state index contributed by atoms with van der Waals surface area (Å²) in [6.07, 6.45) is 7.49. The van der Waals surface area contributed by atoms with Crippen LogP contribution < -0.4 is 0 Å². The predicted molar refractivity (Wildman–Crippen MR) is 111 cm³/mol. The number of thioether (sulfide) groups is 1. The smallest absolute Gasteiger partial charge is 0.235 e. The molecule has 1 saturated carbocycles. The zero-order chi connectivity index (χ0) is 20.1. The van der Waals surface area contributed by atoms with Crippen LogP contribution in [-0.2, 0) is 11.3 Å². The standard InChI is InChI=1S/C21H27FN4OS/c1-4-14-26-19(17-12-8-9-13-18(17)22)23-24-21(26)28-15(2)20(27)25(3)16-10-6-5-7-11-16/h4,8-9,12-13,15-16H,1,5-7,10-11,14H2,2-3H3. The van der Waals surface area contributed by atoms with Gasteiger partial charge >= 0.3 is 0 Å². The number of allylic oxidation sites excluding steroid dienone is 1. The molecule has 3 rings (SSSR count). The van der Waals surface area contributed by atoms with Crippen molar-refractivity contribution in [2.24, 2.45) is 0 Å². The lowest BCUT2D eigenvalue weighted by atomic mass is 9.94. The molecule has 0 radical (unpaired) electrons. The van der Waals surface area contributed by atoms with Crippen LogP contribution in [-0.4, -0.2) is 43.9 Å². The van der Waals surface area contributed by atoms with Crippen molar-refractivity contribution in [2.75, 3.05) is 7.05 Å². The van der Waals surface area contributed by atoms with E-state index in [0.717, 1.165) is 12.8 Å². The van der Waals surface area contributed by atoms with Crippen LogP contribution in [0.1, 0.15) is 39.0 Å². The van der Waals surface area contributed by atoms with Gasteiger partial charge in [-0.15, -0.1) is 16.8 Å². The predicted octanol–water partition coefficient (Wildman–Crippen LogP) is 4.54. The number of halogens is 1. The average Bonchev–Trinajstić information content (AvgIpc) is 3.10. The number of rotatable bonds is 7. The summed E-state index contributed by atoms with van der Waals surface area (Å²) in [6.45, 7) is 6.12. The molecular weight excluding hydrogens is 375 g/mol. The van der Waals surface area contributed by atoms with Gasteiger partial charge in [-0.05, 0) is 31.9 Å². The first-order valence-electron chi connectivity index (χ1n) is 9.75. The fraction of sp³-hybridized carbons (Fsp3) is 0.476. The maximum Gasteiger partial charge on any atom is 0.235 e. The number of carbonyl (C=O) groups is 1. The minimum atomic E-state index is -0.349. The third-order valence-electron chi connectivity index (χ3n) is 5.24. The van der Waals surface area contributed by atoms with Crippen molar-refractivity contribution in [2.45, 2.75) is 62.0 Å². The van der Waals surface area contributed by atoms with Gasteiger partial charge in [-0.2, -0.15) is 0 Å². The van der Waals surface area contributed by atoms with Crippen molar-refractivity contribution in [3.8, 4) is 11.4 Å². The van der Waals surface area contributed by atoms with Crippen LogP contribution in [0.2, 0.25) is 0 Å². The monoisotopic (exact) mass is 402 g/mol. The Morgan fingerprint density at radius 3 is 2.75 bits per heavy atom. The molecule has 7 heteroatoms. The van der Waals surface area contributed by atoms with Crippen molar-refractivity contribution in [1.29, 1.82) is 0 Å². The highest BCUT2D eigenvalue weighted by Gasteiger charge is 2.28. The van der Waals surface area contributed by atoms with Gasteiger partial charge in [-0.1, -0.05) is 49.2 Å². The fourth-order valence-corrected chi connectivity index (χ4v) is 4.61. The Labute approximate surface area is 170 Å². The molecule has 1 aromatic heterocycles. The Morgan fingerprint density at radius 1 is 1.36 bits per heavy atom. The molecule has 0 saturated heterocycles. The fourth-order valence-electron chi connectivity index (χ4n) is 3.65. The summed E-state index contributed by atoms with van der Waals surface area (Å²) in [4.78, 5) is 14.8. The van der Waals surface area contributed by atoms with Crippen LogP contribution in [0.25, 0.3) is 11.4 Å². The van der Waals surface area contributed by atoms with Crippen LogP contribution in [0.5, 0.6) is 0 Å². The van der Waals surface area contributed by atoms with E-state index in [4.69, 9.17) is 0 Å². The van der Waals surface area contributed by atoms with Crippen molar-refractivity contribution in [3.05, 3.63) is 42.7 Å². The van der Waals surface area contributed by atoms with Gasteiger partial charge in [-0.25, -0.2) is 4.39 Å². The molecule has 1 aliphatic rings. The van der Waals surface area contributed by atoms with E-state index < -0.39 is 0 Å². The maximum absolute atomic E-state index is 14.2. The van der Waals surface area contributed by atoms with Crippen molar-refractivity contribution in [1.82, 2.24) is 19.7 Å². The molecule has 0 bridgehead atoms. The lowest BCUT2D eigenvalue weighted by Crippen LogP contribution is -2.42. The first kappa shape index (κ1) is 20.6. The maximum atomic E-state index is 14.2. The summed E-state index contributed by atoms with van der Waals surface area (Å²) < 4.78 is 16.0. The highest BCUT2D eigenvalue weighted by molar-refractivity contribution is 8.00. The van der Waals surface area contributed by atoms with Crippen LogP contribution >= 0.6 is 11.8 Å². The van der Waals surface area contributed by atoms with Gasteiger partial charge < -0.3 is 4.90 Å². The first-order valence-corrected chi connectivity index (χ1v) is 10.6. The summed E-state index contributed by atoms with van der Waals surface area (Å²) >= 11 is 1.36. The van der Waals surface area contributed by atoms with Gasteiger partial charge in [0.15, 0.2) is 11.0 Å². The minimum Gasteiger partial charge on any atom is -0.342 e. The molecule has 1 unspecified atom stereocenters. The number of carbonyl (C=O) groups excluding carboxylic acids is 1. The molecule has 150 valence electrons. The van der Waals surface area contributed by atoms with E-state index in [9.17, 15) is 9.18 Å². The number of nitrogens with zero attached hydrogens (tertiary/aromatic N) is 4. The van der Waals surface area contributed by atoms with Gasteiger partial charge in [0.1, 0.15) is 5.82 Å². The van der Waals surface area contributed by atoms with Gasteiger partial charge in [-0.3, -0.25) is 9.36 Å². The zero-order valence-corrected chi connectivity index (χ0v) is 17.3. The van der Waals surface area contributed by atoms with E-state index in [1.165, 1.54) is 37.1 Å². The number of hydrogen-bond acceptors (Lipinski definition) is 4. The number of amides is 1. The lowest BCUT2D eigenvalue weighted by molar-refractivity contribution is -0.131. The quantitative estimate of drug-likeness (QED) is 0.504. The van der Waals surface area contributed by atoms with Crippen molar-refractivity contribution < 1.29 is 9.18 Å². The van der Waals surface area contributed by atoms with Gasteiger partial charge in [0, 0.05) is 19.6 Å². The van der Waals surface area contributed by atoms with E-state index in [2.05, 4.69) is 16.8 Å². The molecule has 0 N–H and O–H groups in total. The topological polar surface area (TPSA) is 51.0 Å². The molecule has 0 spiro atoms. The molecular formula is C21H27FN4OS. The Kier molecular flexibility index (Phi) is 6.88. The molecule has 5 nitrogen and oxygen atoms in total. The van der Waals surface area contributed by atoms with Gasteiger partial charge in [0.2, 0.25) is 5.91 Å². The molecule has 1 amide bonds. The molecule has 1 aromatic carbocycles. The van der Waals surface area contributed by atoms with E-state index in [1.807, 2.05) is 18.9 Å². The number of benzene rings is 1. The first-order chi connectivity index (χ1) is 13.5. The van der Waals surface area contributed by atoms with Crippen LogP contribution in [0.3, 0.4) is 0 Å². The highest BCUT2D eigenvalue weighted by Crippen LogP contribution is 2.30. The van der Waals surface area contributed by atoms with E-state index in [1.54, 1.807) is 28.8 Å². The molecule has 1 fully saturated rings. The zero-order valence-electron chi connectivity index (χ0n) is 16.5. The third-order valence-corrected chi connectivity index (χ3v) is 6.31. The Balaban J connectivity index is 1.78. The molecule has 1 atom stereocenters. The molecule has 1 aliphatic carbocycles. The van der Waals surface area contributed by atoms with Crippen LogP contribution in [0, 0.1) is 5.82 Å². The summed E-state index contributed by atoms with van der Waals surface area (Å²) in [7, 11) is 1.90. The second-order valence-corrected chi connectivity index (χ2v) is 8.49. The molecule has 28 heavy (non-hydrogen) atoms. The van der Waals surface area contributed by atoms with Gasteiger partial charge in [0.25, 0.3) is 0 Å². The normalized spacial score (nSPS) is 16.0. The number of aromatic nitrogens is 3. The second kappa shape index (κ2) is 9.37. The van der Waals surface area contributed by atoms with Gasteiger partial charge in [0.05, 0.1) is 10.8 Å². The second-order valence-electron chi connectivity index (χ2n) is 7.19. The van der Waals surface area contributed by atoms with Crippen molar-refractivity contribution >= 4 is 17.7 Å². The Morgan fingerprint density at radius 2 is 2.07 bits per heavy atom. The largest absolute Gasteiger partial charge is 0.342 e. The molecule has 0 aliphatic heterocycles. The Hall–Kier alpha value is -2.15. The minimum absolute atomic E-state index is 0.0949. The third kappa shape index (κ3) is 4.46. The summed E-state index contributed by atoms with van der Waals surface area (Å²) in [6, 6.07) is 6.82. The van der Waals surface area contributed by atoms with Crippen LogP contribution in [0.15, 0.2) is 42.1 Å². The van der Waals surface area contributed by atoms with E-state index in [0.29, 0.717) is 29.1 Å². The molecule has 1 heterocycles. The average molecular weight is 403 g/mol. The summed E-state index contributed by atoms with van der Waals surface area (Å²) in [5.74, 6) is 0.191. The number of hydrogen-bond donors (Lipinski definition) is 0. The Bertz CT molecular complexity index is 832. The highest BCUT2D eigenvalue weighted by atomic mass is 32.2. The summed E-state index contributed by atoms with van der Waals surface area (Å²) in [5.41, 5.74) is 0.391.